The first-order valence-electron chi connectivity index (χ1n) is 6.80. The minimum absolute atomic E-state index is 0.210. The number of carboxylic acids is 1. The number of carbonyl (C=O) groups is 2. The zero-order valence-corrected chi connectivity index (χ0v) is 11.7. The van der Waals surface area contributed by atoms with Crippen molar-refractivity contribution < 1.29 is 14.7 Å². The minimum Gasteiger partial charge on any atom is -0.481 e. The number of amides is 2. The van der Waals surface area contributed by atoms with E-state index in [1.165, 1.54) is 0 Å². The van der Waals surface area contributed by atoms with E-state index in [1.54, 1.807) is 19.4 Å². The molecule has 1 atom stereocenters. The van der Waals surface area contributed by atoms with Crippen molar-refractivity contribution in [3.8, 4) is 0 Å². The smallest absolute Gasteiger partial charge is 0.314 e. The summed E-state index contributed by atoms with van der Waals surface area (Å²) in [7, 11) is 0. The number of urea groups is 1. The number of carbonyl (C=O) groups excluding carboxylic acids is 1. The Morgan fingerprint density at radius 3 is 2.60 bits per heavy atom. The summed E-state index contributed by atoms with van der Waals surface area (Å²) in [6.07, 6.45) is 7.40. The van der Waals surface area contributed by atoms with Gasteiger partial charge in [0.25, 0.3) is 0 Å². The number of carboxylic acid groups (broad SMARTS) is 1. The standard InChI is InChI=1S/C13H22N4O3/c1-11(12(18)19)4-2-5-15-13(20)16-6-3-8-17-9-7-14-10-17/h7,9-11H,2-6,8H2,1H3,(H,18,19)(H2,15,16,20). The number of hydrogen-bond donors (Lipinski definition) is 3. The van der Waals surface area contributed by atoms with Crippen LogP contribution in [0.2, 0.25) is 0 Å². The molecule has 7 nitrogen and oxygen atoms in total. The molecule has 2 amide bonds. The summed E-state index contributed by atoms with van der Waals surface area (Å²) in [6.45, 7) is 3.56. The van der Waals surface area contributed by atoms with Gasteiger partial charge >= 0.3 is 12.0 Å². The maximum atomic E-state index is 11.4. The highest BCUT2D eigenvalue weighted by Crippen LogP contribution is 2.03. The van der Waals surface area contributed by atoms with Crippen LogP contribution in [-0.2, 0) is 11.3 Å². The quantitative estimate of drug-likeness (QED) is 0.590. The SMILES string of the molecule is CC(CCCNC(=O)NCCCn1ccnc1)C(=O)O. The van der Waals surface area contributed by atoms with Gasteiger partial charge in [0.1, 0.15) is 0 Å². The fraction of sp³-hybridized carbons (Fsp3) is 0.615. The highest BCUT2D eigenvalue weighted by atomic mass is 16.4. The minimum atomic E-state index is -0.797. The van der Waals surface area contributed by atoms with Crippen LogP contribution in [0.15, 0.2) is 18.7 Å². The third-order valence-electron chi connectivity index (χ3n) is 2.96. The molecule has 1 rings (SSSR count). The first-order valence-corrected chi connectivity index (χ1v) is 6.80. The molecule has 0 aliphatic rings. The van der Waals surface area contributed by atoms with Crippen LogP contribution in [0.25, 0.3) is 0 Å². The van der Waals surface area contributed by atoms with Gasteiger partial charge in [-0.3, -0.25) is 4.79 Å². The zero-order chi connectivity index (χ0) is 14.8. The van der Waals surface area contributed by atoms with Crippen molar-refractivity contribution in [1.29, 1.82) is 0 Å². The lowest BCUT2D eigenvalue weighted by atomic mass is 10.1. The number of nitrogens with zero attached hydrogens (tertiary/aromatic N) is 2. The van der Waals surface area contributed by atoms with Crippen molar-refractivity contribution in [2.24, 2.45) is 5.92 Å². The van der Waals surface area contributed by atoms with Crippen LogP contribution in [0.4, 0.5) is 4.79 Å². The molecule has 1 heterocycles. The van der Waals surface area contributed by atoms with E-state index in [2.05, 4.69) is 15.6 Å². The van der Waals surface area contributed by atoms with Gasteiger partial charge < -0.3 is 20.3 Å². The summed E-state index contributed by atoms with van der Waals surface area (Å²) < 4.78 is 1.95. The van der Waals surface area contributed by atoms with Crippen LogP contribution in [0.3, 0.4) is 0 Å². The lowest BCUT2D eigenvalue weighted by Crippen LogP contribution is -2.36. The number of imidazole rings is 1. The van der Waals surface area contributed by atoms with Gasteiger partial charge in [-0.2, -0.15) is 0 Å². The van der Waals surface area contributed by atoms with Crippen LogP contribution in [0.5, 0.6) is 0 Å². The molecule has 1 unspecified atom stereocenters. The number of hydrogen-bond acceptors (Lipinski definition) is 3. The second-order valence-corrected chi connectivity index (χ2v) is 4.72. The van der Waals surface area contributed by atoms with Crippen molar-refractivity contribution in [3.05, 3.63) is 18.7 Å². The van der Waals surface area contributed by atoms with E-state index in [9.17, 15) is 9.59 Å². The van der Waals surface area contributed by atoms with Crippen LogP contribution in [0.1, 0.15) is 26.2 Å². The van der Waals surface area contributed by atoms with Gasteiger partial charge in [0.05, 0.1) is 12.2 Å². The van der Waals surface area contributed by atoms with Crippen molar-refractivity contribution in [3.63, 3.8) is 0 Å². The first-order chi connectivity index (χ1) is 9.59. The van der Waals surface area contributed by atoms with E-state index in [-0.39, 0.29) is 11.9 Å². The molecule has 1 aromatic heterocycles. The van der Waals surface area contributed by atoms with Gasteiger partial charge in [-0.1, -0.05) is 6.92 Å². The molecule has 0 fully saturated rings. The highest BCUT2D eigenvalue weighted by molar-refractivity contribution is 5.73. The third-order valence-corrected chi connectivity index (χ3v) is 2.96. The molecule has 0 spiro atoms. The Kier molecular flexibility index (Phi) is 7.16. The normalized spacial score (nSPS) is 11.8. The predicted octanol–water partition coefficient (Wildman–Crippen LogP) is 1.07. The maximum absolute atomic E-state index is 11.4. The van der Waals surface area contributed by atoms with E-state index >= 15 is 0 Å². The van der Waals surface area contributed by atoms with Crippen LogP contribution < -0.4 is 10.6 Å². The Bertz CT molecular complexity index is 406. The van der Waals surface area contributed by atoms with Gasteiger partial charge in [0.2, 0.25) is 0 Å². The first kappa shape index (κ1) is 16.0. The topological polar surface area (TPSA) is 96.3 Å². The summed E-state index contributed by atoms with van der Waals surface area (Å²) >= 11 is 0. The average molecular weight is 282 g/mol. The monoisotopic (exact) mass is 282 g/mol. The second-order valence-electron chi connectivity index (χ2n) is 4.72. The molecule has 0 aromatic carbocycles. The van der Waals surface area contributed by atoms with E-state index in [1.807, 2.05) is 10.8 Å². The largest absolute Gasteiger partial charge is 0.481 e. The Labute approximate surface area is 118 Å². The molecule has 20 heavy (non-hydrogen) atoms. The predicted molar refractivity (Wildman–Crippen MR) is 74.3 cm³/mol. The lowest BCUT2D eigenvalue weighted by molar-refractivity contribution is -0.141. The Morgan fingerprint density at radius 1 is 1.30 bits per heavy atom. The summed E-state index contributed by atoms with van der Waals surface area (Å²) in [4.78, 5) is 26.0. The average Bonchev–Trinajstić information content (AvgIpc) is 2.92. The summed E-state index contributed by atoms with van der Waals surface area (Å²) in [5, 5.41) is 14.2. The van der Waals surface area contributed by atoms with Crippen LogP contribution in [-0.4, -0.2) is 39.7 Å². The van der Waals surface area contributed by atoms with Crippen molar-refractivity contribution in [2.75, 3.05) is 13.1 Å². The van der Waals surface area contributed by atoms with Crippen LogP contribution >= 0.6 is 0 Å². The molecular formula is C13H22N4O3. The van der Waals surface area contributed by atoms with Gasteiger partial charge in [-0.25, -0.2) is 9.78 Å². The lowest BCUT2D eigenvalue weighted by Gasteiger charge is -2.09. The van der Waals surface area contributed by atoms with Gasteiger partial charge in [-0.05, 0) is 19.3 Å². The summed E-state index contributed by atoms with van der Waals surface area (Å²) in [5.74, 6) is -1.16. The Morgan fingerprint density at radius 2 is 2.00 bits per heavy atom. The summed E-state index contributed by atoms with van der Waals surface area (Å²) in [6, 6.07) is -0.210. The maximum Gasteiger partial charge on any atom is 0.314 e. The highest BCUT2D eigenvalue weighted by Gasteiger charge is 2.09. The second kappa shape index (κ2) is 8.95. The van der Waals surface area contributed by atoms with Crippen LogP contribution in [0, 0.1) is 5.92 Å². The van der Waals surface area contributed by atoms with Crippen molar-refractivity contribution in [2.45, 2.75) is 32.7 Å². The number of aliphatic carboxylic acids is 1. The molecule has 0 saturated carbocycles. The fourth-order valence-electron chi connectivity index (χ4n) is 1.68. The summed E-state index contributed by atoms with van der Waals surface area (Å²) in [5.41, 5.74) is 0. The molecule has 0 aliphatic carbocycles. The number of nitrogens with one attached hydrogen (secondary N) is 2. The zero-order valence-electron chi connectivity index (χ0n) is 11.7. The van der Waals surface area contributed by atoms with E-state index in [4.69, 9.17) is 5.11 Å². The molecule has 112 valence electrons. The number of rotatable bonds is 9. The number of aromatic nitrogens is 2. The molecule has 7 heteroatoms. The Hall–Kier alpha value is -2.05. The molecule has 1 aromatic rings. The molecule has 0 aliphatic heterocycles. The molecule has 3 N–H and O–H groups in total. The van der Waals surface area contributed by atoms with Crippen molar-refractivity contribution >= 4 is 12.0 Å². The van der Waals surface area contributed by atoms with Gasteiger partial charge in [0, 0.05) is 32.0 Å². The fourth-order valence-corrected chi connectivity index (χ4v) is 1.68. The molecule has 0 saturated heterocycles. The Balaban J connectivity index is 1.96. The third kappa shape index (κ3) is 6.77. The molecule has 0 radical (unpaired) electrons. The molecular weight excluding hydrogens is 260 g/mol. The van der Waals surface area contributed by atoms with Gasteiger partial charge in [-0.15, -0.1) is 0 Å². The van der Waals surface area contributed by atoms with E-state index in [0.29, 0.717) is 25.9 Å². The van der Waals surface area contributed by atoms with Gasteiger partial charge in [0.15, 0.2) is 0 Å². The number of aryl methyl sites for hydroxylation is 1. The van der Waals surface area contributed by atoms with Crippen molar-refractivity contribution in [1.82, 2.24) is 20.2 Å². The molecule has 0 bridgehead atoms. The van der Waals surface area contributed by atoms with E-state index in [0.717, 1.165) is 13.0 Å². The van der Waals surface area contributed by atoms with E-state index < -0.39 is 5.97 Å².